The van der Waals surface area contributed by atoms with Crippen molar-refractivity contribution in [2.75, 3.05) is 6.54 Å². The molecule has 1 aliphatic rings. The second kappa shape index (κ2) is 4.67. The van der Waals surface area contributed by atoms with Crippen LogP contribution >= 0.6 is 0 Å². The summed E-state index contributed by atoms with van der Waals surface area (Å²) in [4.78, 5) is 34.2. The third-order valence-corrected chi connectivity index (χ3v) is 2.76. The summed E-state index contributed by atoms with van der Waals surface area (Å²) < 4.78 is 1.16. The van der Waals surface area contributed by atoms with Crippen molar-refractivity contribution in [2.45, 2.75) is 18.9 Å². The Hall–Kier alpha value is -2.45. The van der Waals surface area contributed by atoms with Crippen LogP contribution in [0, 0.1) is 10.1 Å². The topological polar surface area (TPSA) is 119 Å². The van der Waals surface area contributed by atoms with Gasteiger partial charge in [-0.3, -0.25) is 24.4 Å². The van der Waals surface area contributed by atoms with Gasteiger partial charge in [-0.1, -0.05) is 0 Å². The molecule has 1 aromatic rings. The normalized spacial score (nSPS) is 14.2. The second-order valence-corrected chi connectivity index (χ2v) is 4.35. The lowest BCUT2D eigenvalue weighted by Gasteiger charge is -2.18. The molecule has 0 saturated heterocycles. The van der Waals surface area contributed by atoms with Gasteiger partial charge in [0.2, 0.25) is 5.69 Å². The van der Waals surface area contributed by atoms with Crippen LogP contribution in [0.5, 0.6) is 0 Å². The molecule has 1 N–H and O–H groups in total. The van der Waals surface area contributed by atoms with Crippen molar-refractivity contribution >= 4 is 17.6 Å². The Bertz CT molecular complexity index is 548. The monoisotopic (exact) mass is 268 g/mol. The first-order valence-corrected chi connectivity index (χ1v) is 5.61. The van der Waals surface area contributed by atoms with Gasteiger partial charge >= 0.3 is 11.7 Å². The number of aromatic nitrogens is 2. The summed E-state index contributed by atoms with van der Waals surface area (Å²) in [5.74, 6) is -1.86. The number of aryl methyl sites for hydroxylation is 1. The summed E-state index contributed by atoms with van der Waals surface area (Å²) in [6.07, 6.45) is 2.54. The van der Waals surface area contributed by atoms with E-state index in [0.29, 0.717) is 12.8 Å². The fourth-order valence-corrected chi connectivity index (χ4v) is 1.80. The SMILES string of the molecule is Cn1cc([N+](=O)[O-])c(C(=O)N(CC(=O)O)C2CC2)n1. The molecule has 0 aliphatic heterocycles. The summed E-state index contributed by atoms with van der Waals surface area (Å²) in [6.45, 7) is -0.475. The molecule has 9 nitrogen and oxygen atoms in total. The van der Waals surface area contributed by atoms with E-state index in [1.807, 2.05) is 0 Å². The number of nitro groups is 1. The molecule has 0 unspecified atom stereocenters. The van der Waals surface area contributed by atoms with Gasteiger partial charge in [-0.25, -0.2) is 0 Å². The molecule has 0 aromatic carbocycles. The number of aliphatic carboxylic acids is 1. The molecule has 1 heterocycles. The van der Waals surface area contributed by atoms with Crippen molar-refractivity contribution in [1.82, 2.24) is 14.7 Å². The second-order valence-electron chi connectivity index (χ2n) is 4.35. The molecular formula is C10H12N4O5. The van der Waals surface area contributed by atoms with Crippen molar-refractivity contribution < 1.29 is 19.6 Å². The Kier molecular flexibility index (Phi) is 3.19. The average molecular weight is 268 g/mol. The minimum atomic E-state index is -1.15. The van der Waals surface area contributed by atoms with Crippen LogP contribution in [0.15, 0.2) is 6.20 Å². The molecule has 0 atom stereocenters. The molecule has 1 saturated carbocycles. The number of nitrogens with zero attached hydrogens (tertiary/aromatic N) is 4. The van der Waals surface area contributed by atoms with Crippen LogP contribution in [-0.2, 0) is 11.8 Å². The summed E-state index contributed by atoms with van der Waals surface area (Å²) in [7, 11) is 1.46. The molecule has 1 fully saturated rings. The van der Waals surface area contributed by atoms with Crippen LogP contribution in [0.25, 0.3) is 0 Å². The Morgan fingerprint density at radius 1 is 1.63 bits per heavy atom. The van der Waals surface area contributed by atoms with E-state index < -0.39 is 29.0 Å². The van der Waals surface area contributed by atoms with Crippen molar-refractivity contribution in [3.8, 4) is 0 Å². The van der Waals surface area contributed by atoms with Gasteiger partial charge in [0, 0.05) is 13.1 Å². The van der Waals surface area contributed by atoms with Gasteiger partial charge in [-0.15, -0.1) is 0 Å². The minimum Gasteiger partial charge on any atom is -0.480 e. The largest absolute Gasteiger partial charge is 0.480 e. The summed E-state index contributed by atoms with van der Waals surface area (Å²) in [6, 6.07) is -0.162. The summed E-state index contributed by atoms with van der Waals surface area (Å²) in [5.41, 5.74) is -0.732. The Labute approximate surface area is 107 Å². The number of amides is 1. The molecule has 1 aromatic heterocycles. The minimum absolute atomic E-state index is 0.162. The van der Waals surface area contributed by atoms with Gasteiger partial charge in [0.25, 0.3) is 5.91 Å². The maximum absolute atomic E-state index is 12.2. The highest BCUT2D eigenvalue weighted by Crippen LogP contribution is 2.29. The Balaban J connectivity index is 2.31. The molecule has 0 bridgehead atoms. The van der Waals surface area contributed by atoms with Crippen molar-refractivity contribution in [1.29, 1.82) is 0 Å². The smallest absolute Gasteiger partial charge is 0.323 e. The zero-order valence-electron chi connectivity index (χ0n) is 10.1. The third kappa shape index (κ3) is 2.69. The van der Waals surface area contributed by atoms with E-state index in [1.165, 1.54) is 7.05 Å². The highest BCUT2D eigenvalue weighted by atomic mass is 16.6. The van der Waals surface area contributed by atoms with Gasteiger partial charge in [-0.2, -0.15) is 5.10 Å². The van der Waals surface area contributed by atoms with E-state index in [9.17, 15) is 19.7 Å². The van der Waals surface area contributed by atoms with Crippen molar-refractivity contribution in [3.05, 3.63) is 22.0 Å². The zero-order valence-corrected chi connectivity index (χ0v) is 10.1. The molecule has 2 rings (SSSR count). The van der Waals surface area contributed by atoms with E-state index in [0.717, 1.165) is 15.8 Å². The number of carboxylic acid groups (broad SMARTS) is 1. The third-order valence-electron chi connectivity index (χ3n) is 2.76. The predicted molar refractivity (Wildman–Crippen MR) is 61.6 cm³/mol. The summed E-state index contributed by atoms with van der Waals surface area (Å²) in [5, 5.41) is 23.4. The lowest BCUT2D eigenvalue weighted by molar-refractivity contribution is -0.385. The molecule has 0 spiro atoms. The van der Waals surface area contributed by atoms with Crippen LogP contribution in [0.2, 0.25) is 0 Å². The van der Waals surface area contributed by atoms with E-state index >= 15 is 0 Å². The fraction of sp³-hybridized carbons (Fsp3) is 0.500. The molecule has 19 heavy (non-hydrogen) atoms. The highest BCUT2D eigenvalue weighted by molar-refractivity contribution is 5.97. The first-order valence-electron chi connectivity index (χ1n) is 5.61. The van der Waals surface area contributed by atoms with Crippen LogP contribution in [0.3, 0.4) is 0 Å². The molecule has 1 amide bonds. The number of carbonyl (C=O) groups is 2. The summed E-state index contributed by atoms with van der Waals surface area (Å²) >= 11 is 0. The average Bonchev–Trinajstić information content (AvgIpc) is 3.07. The predicted octanol–water partition coefficient (Wildman–Crippen LogP) is 0.0175. The van der Waals surface area contributed by atoms with Gasteiger partial charge in [0.1, 0.15) is 12.7 Å². The number of rotatable bonds is 5. The quantitative estimate of drug-likeness (QED) is 0.593. The molecule has 9 heteroatoms. The van der Waals surface area contributed by atoms with Crippen LogP contribution in [0.1, 0.15) is 23.3 Å². The first-order chi connectivity index (χ1) is 8.90. The number of carbonyl (C=O) groups excluding carboxylic acids is 1. The van der Waals surface area contributed by atoms with E-state index in [1.54, 1.807) is 0 Å². The van der Waals surface area contributed by atoms with Crippen LogP contribution in [0.4, 0.5) is 5.69 Å². The lowest BCUT2D eigenvalue weighted by atomic mass is 10.3. The van der Waals surface area contributed by atoms with E-state index in [-0.39, 0.29) is 11.7 Å². The Morgan fingerprint density at radius 3 is 2.74 bits per heavy atom. The number of carboxylic acids is 1. The van der Waals surface area contributed by atoms with Crippen LogP contribution < -0.4 is 0 Å². The fourth-order valence-electron chi connectivity index (χ4n) is 1.80. The van der Waals surface area contributed by atoms with Gasteiger partial charge in [-0.05, 0) is 12.8 Å². The molecule has 0 radical (unpaired) electrons. The lowest BCUT2D eigenvalue weighted by Crippen LogP contribution is -2.38. The highest BCUT2D eigenvalue weighted by Gasteiger charge is 2.38. The molecule has 102 valence electrons. The van der Waals surface area contributed by atoms with E-state index in [4.69, 9.17) is 5.11 Å². The number of hydrogen-bond acceptors (Lipinski definition) is 5. The van der Waals surface area contributed by atoms with Gasteiger partial charge in [0.15, 0.2) is 0 Å². The van der Waals surface area contributed by atoms with E-state index in [2.05, 4.69) is 5.10 Å². The Morgan fingerprint density at radius 2 is 2.26 bits per heavy atom. The van der Waals surface area contributed by atoms with Crippen molar-refractivity contribution in [2.24, 2.45) is 7.05 Å². The number of hydrogen-bond donors (Lipinski definition) is 1. The molecule has 1 aliphatic carbocycles. The standard InChI is InChI=1S/C10H12N4O5/c1-12-4-7(14(18)19)9(11-12)10(17)13(5-8(15)16)6-2-3-6/h4,6H,2-3,5H2,1H3,(H,15,16). The van der Waals surface area contributed by atoms with Gasteiger partial charge < -0.3 is 10.0 Å². The maximum atomic E-state index is 12.2. The van der Waals surface area contributed by atoms with Crippen molar-refractivity contribution in [3.63, 3.8) is 0 Å². The zero-order chi connectivity index (χ0) is 14.2. The maximum Gasteiger partial charge on any atom is 0.323 e. The molecular weight excluding hydrogens is 256 g/mol. The van der Waals surface area contributed by atoms with Gasteiger partial charge in [0.05, 0.1) is 4.92 Å². The van der Waals surface area contributed by atoms with Crippen LogP contribution in [-0.4, -0.2) is 49.2 Å². The first kappa shape index (κ1) is 13.0.